The van der Waals surface area contributed by atoms with Gasteiger partial charge in [-0.2, -0.15) is 0 Å². The van der Waals surface area contributed by atoms with E-state index in [9.17, 15) is 9.59 Å². The first-order valence-corrected chi connectivity index (χ1v) is 14.0. The number of carbonyl (C=O) groups excluding carboxylic acids is 2. The molecule has 0 aliphatic carbocycles. The van der Waals surface area contributed by atoms with E-state index in [1.165, 1.54) is 16.7 Å². The Kier molecular flexibility index (Phi) is 10.9. The standard InChI is InChI=1S/C25H24BrCl2NO5S2/c1-3-10-33-22(30)8-9-29-24(31)21(36-25(29)35)13-15-11-17(26)23(20(12-15)32-4-2)34-14-16-18(27)6-5-7-19(16)28/h5-7,11-13H,3-4,8-10,14H2,1-2H3/b21-13-. The van der Waals surface area contributed by atoms with E-state index in [0.717, 1.165) is 12.0 Å². The van der Waals surface area contributed by atoms with Gasteiger partial charge in [-0.1, -0.05) is 60.2 Å². The molecule has 0 aromatic heterocycles. The summed E-state index contributed by atoms with van der Waals surface area (Å²) in [6.07, 6.45) is 2.56. The van der Waals surface area contributed by atoms with E-state index in [-0.39, 0.29) is 31.4 Å². The van der Waals surface area contributed by atoms with Crippen molar-refractivity contribution in [3.8, 4) is 11.5 Å². The number of ether oxygens (including phenoxy) is 3. The molecule has 6 nitrogen and oxygen atoms in total. The fourth-order valence-electron chi connectivity index (χ4n) is 3.22. The molecule has 11 heteroatoms. The lowest BCUT2D eigenvalue weighted by atomic mass is 10.1. The predicted molar refractivity (Wildman–Crippen MR) is 152 cm³/mol. The van der Waals surface area contributed by atoms with Crippen molar-refractivity contribution in [2.45, 2.75) is 33.3 Å². The molecule has 0 saturated carbocycles. The summed E-state index contributed by atoms with van der Waals surface area (Å²) < 4.78 is 17.9. The lowest BCUT2D eigenvalue weighted by Gasteiger charge is -2.16. The molecular formula is C25H24BrCl2NO5S2. The Hall–Kier alpha value is -1.78. The number of halogens is 3. The summed E-state index contributed by atoms with van der Waals surface area (Å²) in [5.41, 5.74) is 1.39. The van der Waals surface area contributed by atoms with E-state index in [1.807, 2.05) is 19.9 Å². The van der Waals surface area contributed by atoms with E-state index in [0.29, 0.717) is 54.0 Å². The van der Waals surface area contributed by atoms with Crippen LogP contribution in [-0.2, 0) is 20.9 Å². The average Bonchev–Trinajstić information content (AvgIpc) is 3.09. The van der Waals surface area contributed by atoms with Gasteiger partial charge in [-0.25, -0.2) is 0 Å². The number of amides is 1. The van der Waals surface area contributed by atoms with Gasteiger partial charge < -0.3 is 14.2 Å². The van der Waals surface area contributed by atoms with Crippen molar-refractivity contribution < 1.29 is 23.8 Å². The first-order chi connectivity index (χ1) is 17.2. The molecule has 0 bridgehead atoms. The number of hydrogen-bond donors (Lipinski definition) is 0. The van der Waals surface area contributed by atoms with Crippen molar-refractivity contribution in [3.63, 3.8) is 0 Å². The van der Waals surface area contributed by atoms with Crippen LogP contribution in [0.3, 0.4) is 0 Å². The van der Waals surface area contributed by atoms with Crippen LogP contribution in [0.4, 0.5) is 0 Å². The maximum atomic E-state index is 12.9. The minimum atomic E-state index is -0.353. The average molecular weight is 633 g/mol. The van der Waals surface area contributed by atoms with Gasteiger partial charge >= 0.3 is 5.97 Å². The molecular weight excluding hydrogens is 609 g/mol. The fraction of sp³-hybridized carbons (Fsp3) is 0.320. The van der Waals surface area contributed by atoms with Crippen LogP contribution in [0.25, 0.3) is 6.08 Å². The van der Waals surface area contributed by atoms with Crippen molar-refractivity contribution in [2.75, 3.05) is 19.8 Å². The molecule has 3 rings (SSSR count). The molecule has 0 radical (unpaired) electrons. The molecule has 1 heterocycles. The third-order valence-electron chi connectivity index (χ3n) is 4.93. The highest BCUT2D eigenvalue weighted by molar-refractivity contribution is 9.10. The zero-order chi connectivity index (χ0) is 26.2. The van der Waals surface area contributed by atoms with Crippen LogP contribution in [0.5, 0.6) is 11.5 Å². The topological polar surface area (TPSA) is 65.1 Å². The maximum absolute atomic E-state index is 12.9. The molecule has 1 aliphatic heterocycles. The van der Waals surface area contributed by atoms with Gasteiger partial charge in [0.1, 0.15) is 10.9 Å². The summed E-state index contributed by atoms with van der Waals surface area (Å²) in [5, 5.41) is 1.02. The molecule has 0 N–H and O–H groups in total. The van der Waals surface area contributed by atoms with Gasteiger partial charge in [0, 0.05) is 22.2 Å². The molecule has 1 aliphatic rings. The van der Waals surface area contributed by atoms with Gasteiger partial charge in [-0.3, -0.25) is 14.5 Å². The highest BCUT2D eigenvalue weighted by Gasteiger charge is 2.32. The third kappa shape index (κ3) is 7.38. The molecule has 2 aromatic carbocycles. The number of esters is 1. The van der Waals surface area contributed by atoms with Crippen molar-refractivity contribution in [2.24, 2.45) is 0 Å². The summed E-state index contributed by atoms with van der Waals surface area (Å²) in [4.78, 5) is 26.6. The minimum Gasteiger partial charge on any atom is -0.490 e. The molecule has 1 amide bonds. The number of carbonyl (C=O) groups is 2. The van der Waals surface area contributed by atoms with Crippen LogP contribution in [0.2, 0.25) is 10.0 Å². The van der Waals surface area contributed by atoms with Crippen molar-refractivity contribution in [1.29, 1.82) is 0 Å². The quantitative estimate of drug-likeness (QED) is 0.147. The first kappa shape index (κ1) is 28.8. The number of thioether (sulfide) groups is 1. The Balaban J connectivity index is 1.78. The second kappa shape index (κ2) is 13.7. The van der Waals surface area contributed by atoms with Crippen LogP contribution >= 0.6 is 63.1 Å². The molecule has 1 saturated heterocycles. The highest BCUT2D eigenvalue weighted by Crippen LogP contribution is 2.40. The molecule has 0 atom stereocenters. The van der Waals surface area contributed by atoms with E-state index >= 15 is 0 Å². The number of benzene rings is 2. The van der Waals surface area contributed by atoms with Crippen LogP contribution in [0.1, 0.15) is 37.8 Å². The predicted octanol–water partition coefficient (Wildman–Crippen LogP) is 7.28. The summed E-state index contributed by atoms with van der Waals surface area (Å²) in [7, 11) is 0. The number of rotatable bonds is 11. The number of thiocarbonyl (C=S) groups is 1. The van der Waals surface area contributed by atoms with Crippen LogP contribution < -0.4 is 9.47 Å². The van der Waals surface area contributed by atoms with Gasteiger partial charge in [0.15, 0.2) is 11.5 Å². The molecule has 0 spiro atoms. The minimum absolute atomic E-state index is 0.0846. The summed E-state index contributed by atoms with van der Waals surface area (Å²) >= 11 is 22.6. The van der Waals surface area contributed by atoms with E-state index in [4.69, 9.17) is 49.6 Å². The van der Waals surface area contributed by atoms with E-state index in [2.05, 4.69) is 15.9 Å². The fourth-order valence-corrected chi connectivity index (χ4v) is 5.61. The molecule has 36 heavy (non-hydrogen) atoms. The van der Waals surface area contributed by atoms with Gasteiger partial charge in [0.05, 0.1) is 29.0 Å². The Morgan fingerprint density at radius 1 is 1.19 bits per heavy atom. The van der Waals surface area contributed by atoms with E-state index < -0.39 is 0 Å². The molecule has 0 unspecified atom stereocenters. The first-order valence-electron chi connectivity index (χ1n) is 11.2. The van der Waals surface area contributed by atoms with Gasteiger partial charge in [0.2, 0.25) is 0 Å². The smallest absolute Gasteiger partial charge is 0.307 e. The third-order valence-corrected chi connectivity index (χ3v) is 7.61. The van der Waals surface area contributed by atoms with E-state index in [1.54, 1.807) is 30.3 Å². The molecule has 1 fully saturated rings. The SMILES string of the molecule is CCCOC(=O)CCN1C(=O)/C(=C/c2cc(Br)c(OCc3c(Cl)cccc3Cl)c(OCC)c2)SC1=S. The van der Waals surface area contributed by atoms with Crippen LogP contribution in [0.15, 0.2) is 39.7 Å². The Morgan fingerprint density at radius 2 is 1.92 bits per heavy atom. The lowest BCUT2D eigenvalue weighted by molar-refractivity contribution is -0.143. The maximum Gasteiger partial charge on any atom is 0.307 e. The Morgan fingerprint density at radius 3 is 2.58 bits per heavy atom. The zero-order valence-electron chi connectivity index (χ0n) is 19.6. The normalized spacial score (nSPS) is 14.5. The zero-order valence-corrected chi connectivity index (χ0v) is 24.4. The van der Waals surface area contributed by atoms with Crippen LogP contribution in [0, 0.1) is 0 Å². The number of hydrogen-bond acceptors (Lipinski definition) is 7. The van der Waals surface area contributed by atoms with Gasteiger partial charge in [0.25, 0.3) is 5.91 Å². The summed E-state index contributed by atoms with van der Waals surface area (Å²) in [6, 6.07) is 8.87. The van der Waals surface area contributed by atoms with Gasteiger partial charge in [-0.05, 0) is 65.2 Å². The number of nitrogens with zero attached hydrogens (tertiary/aromatic N) is 1. The van der Waals surface area contributed by atoms with Crippen molar-refractivity contribution in [3.05, 3.63) is 60.9 Å². The highest BCUT2D eigenvalue weighted by atomic mass is 79.9. The van der Waals surface area contributed by atoms with Crippen LogP contribution in [-0.4, -0.2) is 40.9 Å². The second-order valence-electron chi connectivity index (χ2n) is 7.56. The lowest BCUT2D eigenvalue weighted by Crippen LogP contribution is -2.30. The monoisotopic (exact) mass is 631 g/mol. The van der Waals surface area contributed by atoms with Gasteiger partial charge in [-0.15, -0.1) is 0 Å². The summed E-state index contributed by atoms with van der Waals surface area (Å²) in [5.74, 6) is 0.378. The van der Waals surface area contributed by atoms with Crippen molar-refractivity contribution >= 4 is 85.4 Å². The Bertz CT molecular complexity index is 1170. The largest absolute Gasteiger partial charge is 0.490 e. The summed E-state index contributed by atoms with van der Waals surface area (Å²) in [6.45, 7) is 4.88. The van der Waals surface area contributed by atoms with Crippen molar-refractivity contribution in [1.82, 2.24) is 4.90 Å². The second-order valence-corrected chi connectivity index (χ2v) is 10.9. The molecule has 2 aromatic rings. The Labute approximate surface area is 238 Å². The molecule has 192 valence electrons.